The van der Waals surface area contributed by atoms with Crippen LogP contribution in [0.25, 0.3) is 0 Å². The number of benzene rings is 1. The van der Waals surface area contributed by atoms with Crippen LogP contribution >= 0.6 is 0 Å². The van der Waals surface area contributed by atoms with E-state index in [1.807, 2.05) is 6.92 Å². The maximum Gasteiger partial charge on any atom is 0.341 e. The number of nitrogens with one attached hydrogen (secondary N) is 1. The molecule has 0 amide bonds. The van der Waals surface area contributed by atoms with Crippen LogP contribution in [0.4, 0.5) is 8.78 Å². The molecule has 0 aromatic heterocycles. The summed E-state index contributed by atoms with van der Waals surface area (Å²) in [5, 5.41) is 8.72. The summed E-state index contributed by atoms with van der Waals surface area (Å²) >= 11 is 0. The lowest BCUT2D eigenvalue weighted by atomic mass is 10.2. The number of carboxylic acids is 1. The fraction of sp³-hybridized carbons (Fsp3) is 0.417. The van der Waals surface area contributed by atoms with Gasteiger partial charge in [0.15, 0.2) is 5.82 Å². The summed E-state index contributed by atoms with van der Waals surface area (Å²) in [6, 6.07) is 1.08. The molecule has 2 N–H and O–H groups in total. The summed E-state index contributed by atoms with van der Waals surface area (Å²) in [7, 11) is -4.20. The first-order chi connectivity index (χ1) is 9.27. The molecule has 8 heteroatoms. The molecule has 1 fully saturated rings. The minimum absolute atomic E-state index is 0.201. The van der Waals surface area contributed by atoms with E-state index in [0.29, 0.717) is 12.5 Å². The van der Waals surface area contributed by atoms with Gasteiger partial charge in [-0.25, -0.2) is 26.7 Å². The number of hydrogen-bond donors (Lipinski definition) is 2. The molecule has 0 aliphatic heterocycles. The Morgan fingerprint density at radius 3 is 2.60 bits per heavy atom. The molecule has 1 aliphatic carbocycles. The van der Waals surface area contributed by atoms with Crippen LogP contribution in [0.3, 0.4) is 0 Å². The van der Waals surface area contributed by atoms with Gasteiger partial charge in [-0.05, 0) is 24.5 Å². The first-order valence-corrected chi connectivity index (χ1v) is 7.49. The second kappa shape index (κ2) is 5.10. The minimum atomic E-state index is -4.20. The van der Waals surface area contributed by atoms with Gasteiger partial charge in [0.25, 0.3) is 0 Å². The average Bonchev–Trinajstić information content (AvgIpc) is 3.05. The van der Waals surface area contributed by atoms with Crippen molar-refractivity contribution in [1.29, 1.82) is 0 Å². The van der Waals surface area contributed by atoms with Crippen molar-refractivity contribution in [3.05, 3.63) is 29.3 Å². The molecule has 2 rings (SSSR count). The topological polar surface area (TPSA) is 83.5 Å². The largest absolute Gasteiger partial charge is 0.477 e. The maximum atomic E-state index is 13.9. The molecule has 1 aromatic rings. The SMILES string of the molecule is CCC1CC1NS(=O)(=O)c1ccc(F)c(C(=O)O)c1F. The Labute approximate surface area is 114 Å². The number of halogens is 2. The molecule has 0 heterocycles. The van der Waals surface area contributed by atoms with Crippen LogP contribution in [0.1, 0.15) is 30.1 Å². The third kappa shape index (κ3) is 2.66. The quantitative estimate of drug-likeness (QED) is 0.868. The lowest BCUT2D eigenvalue weighted by Gasteiger charge is -2.09. The highest BCUT2D eigenvalue weighted by atomic mass is 32.2. The highest BCUT2D eigenvalue weighted by molar-refractivity contribution is 7.89. The van der Waals surface area contributed by atoms with Crippen LogP contribution in [0.2, 0.25) is 0 Å². The van der Waals surface area contributed by atoms with Crippen LogP contribution in [-0.4, -0.2) is 25.5 Å². The maximum absolute atomic E-state index is 13.9. The van der Waals surface area contributed by atoms with Gasteiger partial charge in [0.05, 0.1) is 0 Å². The summed E-state index contributed by atoms with van der Waals surface area (Å²) < 4.78 is 53.4. The van der Waals surface area contributed by atoms with E-state index in [0.717, 1.165) is 12.5 Å². The Bertz CT molecular complexity index is 660. The number of carboxylic acid groups (broad SMARTS) is 1. The number of rotatable bonds is 5. The van der Waals surface area contributed by atoms with Gasteiger partial charge in [0, 0.05) is 6.04 Å². The zero-order valence-corrected chi connectivity index (χ0v) is 11.4. The molecule has 1 aliphatic rings. The van der Waals surface area contributed by atoms with E-state index in [9.17, 15) is 22.0 Å². The van der Waals surface area contributed by atoms with E-state index in [2.05, 4.69) is 4.72 Å². The minimum Gasteiger partial charge on any atom is -0.477 e. The van der Waals surface area contributed by atoms with Crippen LogP contribution in [0.15, 0.2) is 17.0 Å². The first kappa shape index (κ1) is 14.9. The van der Waals surface area contributed by atoms with Crippen molar-refractivity contribution in [2.24, 2.45) is 5.92 Å². The molecule has 0 spiro atoms. The Hall–Kier alpha value is -1.54. The molecule has 2 unspecified atom stereocenters. The second-order valence-electron chi connectivity index (χ2n) is 4.67. The number of aromatic carboxylic acids is 1. The van der Waals surface area contributed by atoms with Crippen molar-refractivity contribution < 1.29 is 27.1 Å². The fourth-order valence-electron chi connectivity index (χ4n) is 2.04. The lowest BCUT2D eigenvalue weighted by Crippen LogP contribution is -2.28. The van der Waals surface area contributed by atoms with Gasteiger partial charge in [-0.1, -0.05) is 13.3 Å². The van der Waals surface area contributed by atoms with Crippen molar-refractivity contribution in [2.45, 2.75) is 30.7 Å². The Balaban J connectivity index is 2.38. The van der Waals surface area contributed by atoms with Crippen LogP contribution in [-0.2, 0) is 10.0 Å². The Kier molecular flexibility index (Phi) is 3.79. The van der Waals surface area contributed by atoms with Crippen molar-refractivity contribution in [3.63, 3.8) is 0 Å². The molecule has 0 radical (unpaired) electrons. The normalized spacial score (nSPS) is 21.8. The molecule has 5 nitrogen and oxygen atoms in total. The van der Waals surface area contributed by atoms with Crippen molar-refractivity contribution in [2.75, 3.05) is 0 Å². The predicted octanol–water partition coefficient (Wildman–Crippen LogP) is 1.74. The van der Waals surface area contributed by atoms with Gasteiger partial charge in [-0.2, -0.15) is 0 Å². The molecular formula is C12H13F2NO4S. The molecule has 20 heavy (non-hydrogen) atoms. The van der Waals surface area contributed by atoms with Gasteiger partial charge in [0.2, 0.25) is 10.0 Å². The lowest BCUT2D eigenvalue weighted by molar-refractivity contribution is 0.0685. The Morgan fingerprint density at radius 2 is 2.10 bits per heavy atom. The van der Waals surface area contributed by atoms with Crippen molar-refractivity contribution in [3.8, 4) is 0 Å². The zero-order chi connectivity index (χ0) is 15.1. The van der Waals surface area contributed by atoms with Crippen molar-refractivity contribution in [1.82, 2.24) is 4.72 Å². The molecule has 1 aromatic carbocycles. The van der Waals surface area contributed by atoms with Gasteiger partial charge in [0.1, 0.15) is 16.3 Å². The van der Waals surface area contributed by atoms with Crippen LogP contribution in [0.5, 0.6) is 0 Å². The number of sulfonamides is 1. The molecule has 0 saturated heterocycles. The molecule has 1 saturated carbocycles. The fourth-order valence-corrected chi connectivity index (χ4v) is 3.44. The van der Waals surface area contributed by atoms with Gasteiger partial charge in [-0.3, -0.25) is 0 Å². The van der Waals surface area contributed by atoms with E-state index in [-0.39, 0.29) is 12.0 Å². The zero-order valence-electron chi connectivity index (χ0n) is 10.6. The third-order valence-electron chi connectivity index (χ3n) is 3.31. The Morgan fingerprint density at radius 1 is 1.45 bits per heavy atom. The highest BCUT2D eigenvalue weighted by Crippen LogP contribution is 2.34. The number of carbonyl (C=O) groups is 1. The smallest absolute Gasteiger partial charge is 0.341 e. The summed E-state index contributed by atoms with van der Waals surface area (Å²) in [6.07, 6.45) is 1.45. The third-order valence-corrected chi connectivity index (χ3v) is 4.82. The first-order valence-electron chi connectivity index (χ1n) is 6.01. The molecule has 2 atom stereocenters. The highest BCUT2D eigenvalue weighted by Gasteiger charge is 2.39. The summed E-state index contributed by atoms with van der Waals surface area (Å²) in [4.78, 5) is 9.91. The number of hydrogen-bond acceptors (Lipinski definition) is 3. The summed E-state index contributed by atoms with van der Waals surface area (Å²) in [5.74, 6) is -4.55. The van der Waals surface area contributed by atoms with E-state index < -0.39 is 38.1 Å². The summed E-state index contributed by atoms with van der Waals surface area (Å²) in [5.41, 5.74) is -1.27. The van der Waals surface area contributed by atoms with Gasteiger partial charge >= 0.3 is 5.97 Å². The van der Waals surface area contributed by atoms with Crippen LogP contribution in [0, 0.1) is 17.6 Å². The summed E-state index contributed by atoms with van der Waals surface area (Å²) in [6.45, 7) is 1.90. The van der Waals surface area contributed by atoms with E-state index in [1.165, 1.54) is 0 Å². The molecule has 0 bridgehead atoms. The standard InChI is InChI=1S/C12H13F2NO4S/c1-2-6-5-8(6)15-20(18,19)9-4-3-7(13)10(11(9)14)12(16)17/h3-4,6,8,15H,2,5H2,1H3,(H,16,17). The molecule has 110 valence electrons. The monoisotopic (exact) mass is 305 g/mol. The predicted molar refractivity (Wildman–Crippen MR) is 65.8 cm³/mol. The van der Waals surface area contributed by atoms with Crippen molar-refractivity contribution >= 4 is 16.0 Å². The average molecular weight is 305 g/mol. The van der Waals surface area contributed by atoms with E-state index in [4.69, 9.17) is 5.11 Å². The van der Waals surface area contributed by atoms with E-state index >= 15 is 0 Å². The second-order valence-corrected chi connectivity index (χ2v) is 6.35. The molecular weight excluding hydrogens is 292 g/mol. The van der Waals surface area contributed by atoms with Gasteiger partial charge < -0.3 is 5.11 Å². The van der Waals surface area contributed by atoms with Crippen LogP contribution < -0.4 is 4.72 Å². The van der Waals surface area contributed by atoms with E-state index in [1.54, 1.807) is 0 Å². The van der Waals surface area contributed by atoms with Gasteiger partial charge in [-0.15, -0.1) is 0 Å².